The monoisotopic (exact) mass is 463 g/mol. The maximum Gasteiger partial charge on any atom is 0.300 e. The molecule has 0 spiro atoms. The third kappa shape index (κ3) is 3.75. The number of aryl methyl sites for hydroxylation is 2. The lowest BCUT2D eigenvalue weighted by Crippen LogP contribution is -2.29. The van der Waals surface area contributed by atoms with Crippen molar-refractivity contribution in [1.82, 2.24) is 0 Å². The number of ether oxygens (including phenoxy) is 1. The highest BCUT2D eigenvalue weighted by Gasteiger charge is 2.47. The summed E-state index contributed by atoms with van der Waals surface area (Å²) in [4.78, 5) is 28.4. The van der Waals surface area contributed by atoms with Crippen molar-refractivity contribution in [3.63, 3.8) is 0 Å². The van der Waals surface area contributed by atoms with Crippen LogP contribution in [0.15, 0.2) is 90.5 Å². The molecule has 1 aliphatic rings. The Balaban J connectivity index is 1.79. The average molecular weight is 464 g/mol. The third-order valence-corrected chi connectivity index (χ3v) is 6.69. The minimum Gasteiger partial charge on any atom is -0.507 e. The van der Waals surface area contributed by atoms with Gasteiger partial charge in [-0.3, -0.25) is 14.5 Å². The predicted molar refractivity (Wildman–Crippen MR) is 138 cm³/mol. The van der Waals surface area contributed by atoms with E-state index in [9.17, 15) is 14.7 Å². The van der Waals surface area contributed by atoms with Gasteiger partial charge in [-0.2, -0.15) is 0 Å². The van der Waals surface area contributed by atoms with E-state index in [1.54, 1.807) is 37.4 Å². The first-order chi connectivity index (χ1) is 16.9. The number of fused-ring (bicyclic) bond motifs is 1. The molecule has 1 unspecified atom stereocenters. The van der Waals surface area contributed by atoms with Crippen LogP contribution >= 0.6 is 0 Å². The SMILES string of the molecule is COc1ccc(N2C(=O)C(=O)/C(=C(\O)c3ccc(C)c(C)c3)C2c2cccc3ccccc23)cc1. The van der Waals surface area contributed by atoms with Gasteiger partial charge < -0.3 is 9.84 Å². The molecular formula is C30H25NO4. The summed E-state index contributed by atoms with van der Waals surface area (Å²) in [6, 6.07) is 25.3. The van der Waals surface area contributed by atoms with Gasteiger partial charge in [0.2, 0.25) is 0 Å². The van der Waals surface area contributed by atoms with Crippen molar-refractivity contribution in [2.45, 2.75) is 19.9 Å². The van der Waals surface area contributed by atoms with Gasteiger partial charge in [-0.25, -0.2) is 0 Å². The molecule has 5 nitrogen and oxygen atoms in total. The molecule has 0 aliphatic carbocycles. The van der Waals surface area contributed by atoms with Gasteiger partial charge in [0.1, 0.15) is 11.5 Å². The van der Waals surface area contributed by atoms with E-state index in [4.69, 9.17) is 4.74 Å². The Morgan fingerprint density at radius 1 is 0.857 bits per heavy atom. The van der Waals surface area contributed by atoms with E-state index in [0.717, 1.165) is 27.5 Å². The highest BCUT2D eigenvalue weighted by molar-refractivity contribution is 6.51. The van der Waals surface area contributed by atoms with Crippen LogP contribution in [-0.4, -0.2) is 23.9 Å². The van der Waals surface area contributed by atoms with Gasteiger partial charge in [-0.05, 0) is 71.6 Å². The third-order valence-electron chi connectivity index (χ3n) is 6.69. The normalized spacial score (nSPS) is 17.2. The number of ketones is 1. The van der Waals surface area contributed by atoms with Crippen molar-refractivity contribution in [3.8, 4) is 5.75 Å². The molecule has 0 aromatic heterocycles. The maximum absolute atomic E-state index is 13.5. The van der Waals surface area contributed by atoms with Gasteiger partial charge in [0.15, 0.2) is 0 Å². The molecule has 35 heavy (non-hydrogen) atoms. The Morgan fingerprint density at radius 3 is 2.29 bits per heavy atom. The lowest BCUT2D eigenvalue weighted by atomic mass is 9.91. The Labute approximate surface area is 203 Å². The quantitative estimate of drug-likeness (QED) is 0.226. The zero-order valence-electron chi connectivity index (χ0n) is 19.8. The molecule has 1 aliphatic heterocycles. The zero-order valence-corrected chi connectivity index (χ0v) is 19.8. The number of carbonyl (C=O) groups is 2. The van der Waals surface area contributed by atoms with Crippen LogP contribution in [0.25, 0.3) is 16.5 Å². The fourth-order valence-electron chi connectivity index (χ4n) is 4.67. The number of aliphatic hydroxyl groups is 1. The van der Waals surface area contributed by atoms with Crippen molar-refractivity contribution in [3.05, 3.63) is 113 Å². The molecule has 1 saturated heterocycles. The molecule has 1 fully saturated rings. The summed E-state index contributed by atoms with van der Waals surface area (Å²) in [5.74, 6) is -0.935. The van der Waals surface area contributed by atoms with Crippen molar-refractivity contribution in [2.24, 2.45) is 0 Å². The number of carbonyl (C=O) groups excluding carboxylic acids is 2. The summed E-state index contributed by atoms with van der Waals surface area (Å²) in [6.45, 7) is 3.93. The summed E-state index contributed by atoms with van der Waals surface area (Å²) in [6.07, 6.45) is 0. The van der Waals surface area contributed by atoms with E-state index in [1.807, 2.05) is 68.4 Å². The largest absolute Gasteiger partial charge is 0.507 e. The number of methoxy groups -OCH3 is 1. The van der Waals surface area contributed by atoms with Crippen molar-refractivity contribution >= 4 is 33.9 Å². The number of Topliss-reactive ketones (excluding diaryl/α,β-unsaturated/α-hetero) is 1. The lowest BCUT2D eigenvalue weighted by molar-refractivity contribution is -0.132. The fraction of sp³-hybridized carbons (Fsp3) is 0.133. The molecule has 0 saturated carbocycles. The van der Waals surface area contributed by atoms with Gasteiger partial charge in [0.05, 0.1) is 18.7 Å². The van der Waals surface area contributed by atoms with E-state index in [-0.39, 0.29) is 11.3 Å². The van der Waals surface area contributed by atoms with Crippen LogP contribution in [0.5, 0.6) is 5.75 Å². The summed E-state index contributed by atoms with van der Waals surface area (Å²) < 4.78 is 5.27. The van der Waals surface area contributed by atoms with Crippen molar-refractivity contribution in [2.75, 3.05) is 12.0 Å². The molecule has 0 radical (unpaired) electrons. The first-order valence-electron chi connectivity index (χ1n) is 11.4. The minimum atomic E-state index is -0.795. The average Bonchev–Trinajstić information content (AvgIpc) is 3.15. The van der Waals surface area contributed by atoms with Crippen LogP contribution in [0.3, 0.4) is 0 Å². The molecule has 1 heterocycles. The fourth-order valence-corrected chi connectivity index (χ4v) is 4.67. The van der Waals surface area contributed by atoms with Crippen LogP contribution in [-0.2, 0) is 9.59 Å². The highest BCUT2D eigenvalue weighted by atomic mass is 16.5. The molecule has 4 aromatic carbocycles. The Morgan fingerprint density at radius 2 is 1.57 bits per heavy atom. The first-order valence-corrected chi connectivity index (χ1v) is 11.4. The first kappa shape index (κ1) is 22.4. The predicted octanol–water partition coefficient (Wildman–Crippen LogP) is 6.09. The molecule has 5 rings (SSSR count). The number of anilines is 1. The van der Waals surface area contributed by atoms with E-state index < -0.39 is 17.7 Å². The van der Waals surface area contributed by atoms with Crippen LogP contribution < -0.4 is 9.64 Å². The number of rotatable bonds is 4. The number of aliphatic hydroxyl groups excluding tert-OH is 1. The van der Waals surface area contributed by atoms with Crippen molar-refractivity contribution in [1.29, 1.82) is 0 Å². The van der Waals surface area contributed by atoms with Gasteiger partial charge >= 0.3 is 0 Å². The number of nitrogens with zero attached hydrogens (tertiary/aromatic N) is 1. The number of hydrogen-bond donors (Lipinski definition) is 1. The zero-order chi connectivity index (χ0) is 24.7. The standard InChI is InChI=1S/C30H25NO4/c1-18-11-12-21(17-19(18)2)28(32)26-27(25-10-6-8-20-7-4-5-9-24(20)25)31(30(34)29(26)33)22-13-15-23(35-3)16-14-22/h4-17,27,32H,1-3H3/b28-26-. The Bertz CT molecular complexity index is 1500. The van der Waals surface area contributed by atoms with E-state index in [1.165, 1.54) is 4.90 Å². The second kappa shape index (κ2) is 8.76. The van der Waals surface area contributed by atoms with Crippen molar-refractivity contribution < 1.29 is 19.4 Å². The summed E-state index contributed by atoms with van der Waals surface area (Å²) >= 11 is 0. The minimum absolute atomic E-state index is 0.0745. The van der Waals surface area contributed by atoms with Gasteiger partial charge in [-0.1, -0.05) is 54.6 Å². The van der Waals surface area contributed by atoms with Gasteiger partial charge in [-0.15, -0.1) is 0 Å². The Kier molecular flexibility index (Phi) is 5.61. The molecule has 4 aromatic rings. The highest BCUT2D eigenvalue weighted by Crippen LogP contribution is 2.44. The molecule has 1 N–H and O–H groups in total. The smallest absolute Gasteiger partial charge is 0.300 e. The van der Waals surface area contributed by atoms with E-state index in [2.05, 4.69) is 0 Å². The number of hydrogen-bond acceptors (Lipinski definition) is 4. The van der Waals surface area contributed by atoms with E-state index >= 15 is 0 Å². The topological polar surface area (TPSA) is 66.8 Å². The molecule has 1 amide bonds. The molecular weight excluding hydrogens is 438 g/mol. The van der Waals surface area contributed by atoms with Crippen LogP contribution in [0.2, 0.25) is 0 Å². The Hall–Kier alpha value is -4.38. The summed E-state index contributed by atoms with van der Waals surface area (Å²) in [5.41, 5.74) is 3.95. The van der Waals surface area contributed by atoms with Crippen LogP contribution in [0.1, 0.15) is 28.3 Å². The molecule has 5 heteroatoms. The molecule has 1 atom stereocenters. The van der Waals surface area contributed by atoms with E-state index in [0.29, 0.717) is 17.0 Å². The van der Waals surface area contributed by atoms with Crippen LogP contribution in [0.4, 0.5) is 5.69 Å². The van der Waals surface area contributed by atoms with Crippen LogP contribution in [0, 0.1) is 13.8 Å². The number of benzene rings is 4. The lowest BCUT2D eigenvalue weighted by Gasteiger charge is -2.26. The van der Waals surface area contributed by atoms with Gasteiger partial charge in [0.25, 0.3) is 11.7 Å². The molecule has 0 bridgehead atoms. The second-order valence-corrected chi connectivity index (χ2v) is 8.73. The summed E-state index contributed by atoms with van der Waals surface area (Å²) in [7, 11) is 1.57. The number of amides is 1. The van der Waals surface area contributed by atoms with Gasteiger partial charge in [0, 0.05) is 11.3 Å². The molecule has 174 valence electrons. The summed E-state index contributed by atoms with van der Waals surface area (Å²) in [5, 5.41) is 13.3. The maximum atomic E-state index is 13.5. The second-order valence-electron chi connectivity index (χ2n) is 8.73.